The molecule has 0 spiro atoms. The minimum absolute atomic E-state index is 0.113. The van der Waals surface area contributed by atoms with Gasteiger partial charge in [0, 0.05) is 31.7 Å². The Morgan fingerprint density at radius 1 is 1.20 bits per heavy atom. The van der Waals surface area contributed by atoms with Gasteiger partial charge in [-0.2, -0.15) is 0 Å². The van der Waals surface area contributed by atoms with Crippen LogP contribution < -0.4 is 0 Å². The lowest BCUT2D eigenvalue weighted by Gasteiger charge is -2.42. The quantitative estimate of drug-likeness (QED) is 0.616. The van der Waals surface area contributed by atoms with Crippen molar-refractivity contribution < 1.29 is 9.18 Å². The summed E-state index contributed by atoms with van der Waals surface area (Å²) in [5, 5.41) is 0. The number of rotatable bonds is 1. The van der Waals surface area contributed by atoms with Gasteiger partial charge >= 0.3 is 0 Å². The van der Waals surface area contributed by atoms with Gasteiger partial charge in [-0.1, -0.05) is 6.58 Å². The molecule has 0 aromatic rings. The summed E-state index contributed by atoms with van der Waals surface area (Å²) in [6.07, 6.45) is 0. The average molecular weight is 214 g/mol. The van der Waals surface area contributed by atoms with Crippen LogP contribution in [0.2, 0.25) is 0 Å². The zero-order chi connectivity index (χ0) is 11.6. The van der Waals surface area contributed by atoms with Crippen LogP contribution in [-0.2, 0) is 4.79 Å². The molecule has 1 aliphatic rings. The zero-order valence-electron chi connectivity index (χ0n) is 9.72. The summed E-state index contributed by atoms with van der Waals surface area (Å²) in [7, 11) is 0. The predicted octanol–water partition coefficient (Wildman–Crippen LogP) is 1.41. The highest BCUT2D eigenvalue weighted by molar-refractivity contribution is 5.90. The van der Waals surface area contributed by atoms with Gasteiger partial charge in [-0.05, 0) is 20.8 Å². The normalized spacial score (nSPS) is 19.1. The van der Waals surface area contributed by atoms with Crippen molar-refractivity contribution in [3.63, 3.8) is 0 Å². The smallest absolute Gasteiger partial charge is 0.282 e. The van der Waals surface area contributed by atoms with E-state index in [0.29, 0.717) is 13.1 Å². The van der Waals surface area contributed by atoms with Gasteiger partial charge in [0.1, 0.15) is 0 Å². The summed E-state index contributed by atoms with van der Waals surface area (Å²) in [6.45, 7) is 12.2. The highest BCUT2D eigenvalue weighted by Gasteiger charge is 2.28. The molecular weight excluding hydrogens is 195 g/mol. The number of carbonyl (C=O) groups excluding carboxylic acids is 1. The Bertz CT molecular complexity index is 262. The Kier molecular flexibility index (Phi) is 3.50. The average Bonchev–Trinajstić information content (AvgIpc) is 2.15. The minimum atomic E-state index is -0.862. The lowest BCUT2D eigenvalue weighted by atomic mass is 10.0. The third-order valence-corrected chi connectivity index (χ3v) is 2.75. The molecule has 1 saturated heterocycles. The molecule has 0 aromatic carbocycles. The number of carbonyl (C=O) groups is 1. The number of piperazine rings is 1. The molecule has 0 unspecified atom stereocenters. The first-order valence-electron chi connectivity index (χ1n) is 5.21. The zero-order valence-corrected chi connectivity index (χ0v) is 9.72. The molecule has 86 valence electrons. The molecule has 15 heavy (non-hydrogen) atoms. The molecule has 1 heterocycles. The van der Waals surface area contributed by atoms with Crippen molar-refractivity contribution in [1.29, 1.82) is 0 Å². The molecule has 0 aromatic heterocycles. The van der Waals surface area contributed by atoms with Crippen LogP contribution in [0.5, 0.6) is 0 Å². The molecule has 1 rings (SSSR count). The van der Waals surface area contributed by atoms with Crippen molar-refractivity contribution in [3.05, 3.63) is 12.4 Å². The molecule has 0 N–H and O–H groups in total. The van der Waals surface area contributed by atoms with E-state index in [1.807, 2.05) is 0 Å². The second kappa shape index (κ2) is 4.31. The SMILES string of the molecule is C=C(F)C(=O)N1CCN(C(C)(C)C)CC1. The summed E-state index contributed by atoms with van der Waals surface area (Å²) >= 11 is 0. The number of halogens is 1. The molecule has 1 amide bonds. The summed E-state index contributed by atoms with van der Waals surface area (Å²) in [5.41, 5.74) is 0.113. The van der Waals surface area contributed by atoms with Crippen molar-refractivity contribution in [2.75, 3.05) is 26.2 Å². The monoisotopic (exact) mass is 214 g/mol. The van der Waals surface area contributed by atoms with Crippen LogP contribution >= 0.6 is 0 Å². The highest BCUT2D eigenvalue weighted by Crippen LogP contribution is 2.16. The van der Waals surface area contributed by atoms with E-state index in [0.717, 1.165) is 13.1 Å². The van der Waals surface area contributed by atoms with E-state index in [-0.39, 0.29) is 5.54 Å². The lowest BCUT2D eigenvalue weighted by Crippen LogP contribution is -2.54. The fourth-order valence-corrected chi connectivity index (χ4v) is 1.75. The van der Waals surface area contributed by atoms with E-state index in [1.165, 1.54) is 4.90 Å². The number of hydrogen-bond donors (Lipinski definition) is 0. The predicted molar refractivity (Wildman–Crippen MR) is 58.2 cm³/mol. The Morgan fingerprint density at radius 3 is 2.00 bits per heavy atom. The highest BCUT2D eigenvalue weighted by atomic mass is 19.1. The van der Waals surface area contributed by atoms with E-state index in [9.17, 15) is 9.18 Å². The van der Waals surface area contributed by atoms with Crippen LogP contribution in [0.25, 0.3) is 0 Å². The molecule has 3 nitrogen and oxygen atoms in total. The molecule has 0 radical (unpaired) electrons. The van der Waals surface area contributed by atoms with Gasteiger partial charge in [-0.25, -0.2) is 4.39 Å². The third-order valence-electron chi connectivity index (χ3n) is 2.75. The minimum Gasteiger partial charge on any atom is -0.334 e. The van der Waals surface area contributed by atoms with Crippen molar-refractivity contribution in [1.82, 2.24) is 9.80 Å². The van der Waals surface area contributed by atoms with Crippen LogP contribution in [-0.4, -0.2) is 47.4 Å². The largest absolute Gasteiger partial charge is 0.334 e. The fraction of sp³-hybridized carbons (Fsp3) is 0.727. The molecule has 0 aliphatic carbocycles. The van der Waals surface area contributed by atoms with Crippen LogP contribution in [0.4, 0.5) is 4.39 Å². The van der Waals surface area contributed by atoms with E-state index in [2.05, 4.69) is 32.3 Å². The summed E-state index contributed by atoms with van der Waals surface area (Å²) in [4.78, 5) is 15.1. The van der Waals surface area contributed by atoms with Crippen molar-refractivity contribution >= 4 is 5.91 Å². The van der Waals surface area contributed by atoms with Crippen LogP contribution in [0.1, 0.15) is 20.8 Å². The summed E-state index contributed by atoms with van der Waals surface area (Å²) in [5.74, 6) is -1.43. The van der Waals surface area contributed by atoms with Gasteiger partial charge in [0.2, 0.25) is 0 Å². The fourth-order valence-electron chi connectivity index (χ4n) is 1.75. The maximum absolute atomic E-state index is 12.6. The number of nitrogens with zero attached hydrogens (tertiary/aromatic N) is 2. The molecular formula is C11H19FN2O. The Hall–Kier alpha value is -0.900. The second-order valence-corrected chi connectivity index (χ2v) is 4.85. The summed E-state index contributed by atoms with van der Waals surface area (Å²) < 4.78 is 12.6. The number of amides is 1. The van der Waals surface area contributed by atoms with E-state index in [4.69, 9.17) is 0 Å². The second-order valence-electron chi connectivity index (χ2n) is 4.85. The van der Waals surface area contributed by atoms with Gasteiger partial charge in [0.15, 0.2) is 5.83 Å². The molecule has 1 fully saturated rings. The Morgan fingerprint density at radius 2 is 1.67 bits per heavy atom. The van der Waals surface area contributed by atoms with Gasteiger partial charge in [0.05, 0.1) is 0 Å². The van der Waals surface area contributed by atoms with Crippen molar-refractivity contribution in [3.8, 4) is 0 Å². The molecule has 0 atom stereocenters. The topological polar surface area (TPSA) is 23.6 Å². The van der Waals surface area contributed by atoms with Crippen LogP contribution in [0.3, 0.4) is 0 Å². The van der Waals surface area contributed by atoms with E-state index >= 15 is 0 Å². The first-order chi connectivity index (χ1) is 6.82. The number of hydrogen-bond acceptors (Lipinski definition) is 2. The van der Waals surface area contributed by atoms with Crippen LogP contribution in [0, 0.1) is 0 Å². The van der Waals surface area contributed by atoms with Gasteiger partial charge < -0.3 is 4.90 Å². The van der Waals surface area contributed by atoms with Crippen molar-refractivity contribution in [2.45, 2.75) is 26.3 Å². The maximum Gasteiger partial charge on any atom is 0.282 e. The standard InChI is InChI=1S/C11H19FN2O/c1-9(12)10(15)13-5-7-14(8-6-13)11(2,3)4/h1,5-8H2,2-4H3. The van der Waals surface area contributed by atoms with E-state index in [1.54, 1.807) is 0 Å². The van der Waals surface area contributed by atoms with Gasteiger partial charge in [0.25, 0.3) is 5.91 Å². The first kappa shape index (κ1) is 12.2. The van der Waals surface area contributed by atoms with Crippen LogP contribution in [0.15, 0.2) is 12.4 Å². The molecule has 1 aliphatic heterocycles. The molecule has 0 bridgehead atoms. The van der Waals surface area contributed by atoms with E-state index < -0.39 is 11.7 Å². The Balaban J connectivity index is 2.50. The van der Waals surface area contributed by atoms with Gasteiger partial charge in [-0.15, -0.1) is 0 Å². The van der Waals surface area contributed by atoms with Gasteiger partial charge in [-0.3, -0.25) is 9.69 Å². The third kappa shape index (κ3) is 3.02. The molecule has 4 heteroatoms. The maximum atomic E-state index is 12.6. The lowest BCUT2D eigenvalue weighted by molar-refractivity contribution is -0.131. The van der Waals surface area contributed by atoms with Crippen molar-refractivity contribution in [2.24, 2.45) is 0 Å². The molecule has 0 saturated carbocycles. The first-order valence-corrected chi connectivity index (χ1v) is 5.21. The summed E-state index contributed by atoms with van der Waals surface area (Å²) in [6, 6.07) is 0. The Labute approximate surface area is 90.5 Å².